The molecule has 0 aliphatic carbocycles. The first-order valence-corrected chi connectivity index (χ1v) is 13.2. The molecular formula is C27H33N3O5S. The number of benzene rings is 3. The van der Waals surface area contributed by atoms with E-state index in [2.05, 4.69) is 51.5 Å². The first-order valence-electron chi connectivity index (χ1n) is 11.7. The molecule has 0 saturated carbocycles. The van der Waals surface area contributed by atoms with E-state index in [1.165, 1.54) is 35.9 Å². The van der Waals surface area contributed by atoms with Crippen LogP contribution in [-0.2, 0) is 16.6 Å². The number of carboxylic acids is 1. The number of anilines is 1. The summed E-state index contributed by atoms with van der Waals surface area (Å²) in [4.78, 5) is 13.1. The zero-order valence-electron chi connectivity index (χ0n) is 20.9. The molecule has 0 spiro atoms. The molecule has 1 fully saturated rings. The molecule has 1 aliphatic rings. The van der Waals surface area contributed by atoms with Crippen LogP contribution in [0, 0.1) is 0 Å². The number of hydrogen-bond acceptors (Lipinski definition) is 6. The van der Waals surface area contributed by atoms with Crippen LogP contribution < -0.4 is 19.9 Å². The number of carbonyl (C=O) groups is 1. The monoisotopic (exact) mass is 511 g/mol. The molecule has 0 unspecified atom stereocenters. The minimum Gasteiger partial charge on any atom is -0.545 e. The van der Waals surface area contributed by atoms with Gasteiger partial charge in [0.2, 0.25) is 10.0 Å². The first kappa shape index (κ1) is 27.2. The number of quaternary nitrogens is 1. The van der Waals surface area contributed by atoms with E-state index >= 15 is 0 Å². The zero-order chi connectivity index (χ0) is 26.3. The Morgan fingerprint density at radius 1 is 0.972 bits per heavy atom. The number of nitrogens with two attached hydrogens (primary N) is 1. The number of carboxylic acid groups (broad SMARTS) is 1. The van der Waals surface area contributed by atoms with Gasteiger partial charge in [-0.15, -0.1) is 0 Å². The predicted octanol–water partition coefficient (Wildman–Crippen LogP) is 2.98. The quantitative estimate of drug-likeness (QED) is 0.488. The Balaban J connectivity index is 0.000000275. The SMILES string of the molecule is C[N+](C)(C)Cc1ccccc1.NS(=O)(=O)c1cccc(Oc2ccc(C(=O)[O-])cc2N2CCCC2)c1. The Labute approximate surface area is 213 Å². The molecule has 0 amide bonds. The second kappa shape index (κ2) is 11.6. The van der Waals surface area contributed by atoms with Crippen molar-refractivity contribution in [2.24, 2.45) is 5.14 Å². The molecule has 3 aromatic rings. The Bertz CT molecular complexity index is 1280. The fourth-order valence-electron chi connectivity index (χ4n) is 3.91. The van der Waals surface area contributed by atoms with Gasteiger partial charge in [-0.1, -0.05) is 36.4 Å². The minimum atomic E-state index is -3.84. The molecule has 0 aromatic heterocycles. The zero-order valence-corrected chi connectivity index (χ0v) is 21.7. The van der Waals surface area contributed by atoms with Crippen LogP contribution in [0.1, 0.15) is 28.8 Å². The molecule has 4 rings (SSSR count). The maximum absolute atomic E-state index is 11.5. The van der Waals surface area contributed by atoms with Gasteiger partial charge in [0, 0.05) is 24.7 Å². The van der Waals surface area contributed by atoms with E-state index in [9.17, 15) is 18.3 Å². The number of rotatable bonds is 7. The molecule has 8 nitrogen and oxygen atoms in total. The third-order valence-electron chi connectivity index (χ3n) is 5.50. The third-order valence-corrected chi connectivity index (χ3v) is 6.41. The fraction of sp³-hybridized carbons (Fsp3) is 0.296. The van der Waals surface area contributed by atoms with Gasteiger partial charge < -0.3 is 24.0 Å². The second-order valence-corrected chi connectivity index (χ2v) is 11.3. The van der Waals surface area contributed by atoms with Crippen molar-refractivity contribution in [2.75, 3.05) is 39.1 Å². The number of nitrogens with zero attached hydrogens (tertiary/aromatic N) is 2. The van der Waals surface area contributed by atoms with Gasteiger partial charge in [0.05, 0.1) is 37.7 Å². The average molecular weight is 512 g/mol. The van der Waals surface area contributed by atoms with E-state index in [4.69, 9.17) is 9.88 Å². The van der Waals surface area contributed by atoms with Gasteiger partial charge in [-0.2, -0.15) is 0 Å². The maximum Gasteiger partial charge on any atom is 0.238 e. The van der Waals surface area contributed by atoms with E-state index in [1.54, 1.807) is 12.1 Å². The lowest BCUT2D eigenvalue weighted by atomic mass is 10.1. The van der Waals surface area contributed by atoms with Crippen LogP contribution >= 0.6 is 0 Å². The van der Waals surface area contributed by atoms with Crippen molar-refractivity contribution in [2.45, 2.75) is 24.3 Å². The van der Waals surface area contributed by atoms with Gasteiger partial charge in [0.15, 0.2) is 5.75 Å². The van der Waals surface area contributed by atoms with Crippen molar-refractivity contribution < 1.29 is 27.5 Å². The first-order chi connectivity index (χ1) is 16.9. The number of ether oxygens (including phenoxy) is 1. The van der Waals surface area contributed by atoms with Gasteiger partial charge in [0.1, 0.15) is 12.3 Å². The van der Waals surface area contributed by atoms with Gasteiger partial charge in [-0.05, 0) is 48.7 Å². The molecular weight excluding hydrogens is 478 g/mol. The molecule has 3 aromatic carbocycles. The van der Waals surface area contributed by atoms with Gasteiger partial charge in [-0.25, -0.2) is 13.6 Å². The van der Waals surface area contributed by atoms with Crippen molar-refractivity contribution in [1.29, 1.82) is 0 Å². The van der Waals surface area contributed by atoms with Crippen LogP contribution in [0.15, 0.2) is 77.7 Å². The summed E-state index contributed by atoms with van der Waals surface area (Å²) in [6, 6.07) is 20.9. The Morgan fingerprint density at radius 2 is 1.64 bits per heavy atom. The Hall–Kier alpha value is -3.40. The standard InChI is InChI=1S/C17H18N2O5S.C10H16N/c18-25(22,23)14-5-3-4-13(11-14)24-16-7-6-12(17(20)21)10-15(16)19-8-1-2-9-19;1-11(2,3)9-10-7-5-4-6-8-10/h3-7,10-11H,1-2,8-9H2,(H,20,21)(H2,18,22,23);4-8H,9H2,1-3H3/q;+1/p-1. The number of aromatic carboxylic acids is 1. The number of hydrogen-bond donors (Lipinski definition) is 1. The van der Waals surface area contributed by atoms with E-state index in [0.29, 0.717) is 17.2 Å². The van der Waals surface area contributed by atoms with Crippen LogP contribution in [0.25, 0.3) is 0 Å². The summed E-state index contributed by atoms with van der Waals surface area (Å²) in [5.74, 6) is -0.519. The normalized spacial score (nSPS) is 13.6. The van der Waals surface area contributed by atoms with Crippen LogP contribution in [0.4, 0.5) is 5.69 Å². The predicted molar refractivity (Wildman–Crippen MR) is 138 cm³/mol. The van der Waals surface area contributed by atoms with E-state index in [-0.39, 0.29) is 10.5 Å². The van der Waals surface area contributed by atoms with Gasteiger partial charge >= 0.3 is 0 Å². The molecule has 1 heterocycles. The van der Waals surface area contributed by atoms with E-state index in [1.807, 2.05) is 4.90 Å². The highest BCUT2D eigenvalue weighted by atomic mass is 32.2. The fourth-order valence-corrected chi connectivity index (χ4v) is 4.46. The molecule has 0 atom stereocenters. The van der Waals surface area contributed by atoms with E-state index in [0.717, 1.165) is 37.0 Å². The summed E-state index contributed by atoms with van der Waals surface area (Å²) in [7, 11) is 2.77. The molecule has 36 heavy (non-hydrogen) atoms. The Kier molecular flexibility index (Phi) is 8.73. The van der Waals surface area contributed by atoms with Crippen LogP contribution in [0.2, 0.25) is 0 Å². The third kappa shape index (κ3) is 8.08. The molecule has 192 valence electrons. The van der Waals surface area contributed by atoms with Gasteiger partial charge in [-0.3, -0.25) is 0 Å². The van der Waals surface area contributed by atoms with Crippen LogP contribution in [0.5, 0.6) is 11.5 Å². The van der Waals surface area contributed by atoms with Gasteiger partial charge in [0.25, 0.3) is 0 Å². The summed E-state index contributed by atoms with van der Waals surface area (Å²) < 4.78 is 29.8. The van der Waals surface area contributed by atoms with E-state index < -0.39 is 16.0 Å². The van der Waals surface area contributed by atoms with Crippen LogP contribution in [-0.4, -0.2) is 53.1 Å². The summed E-state index contributed by atoms with van der Waals surface area (Å²) in [5.41, 5.74) is 2.10. The lowest BCUT2D eigenvalue weighted by Crippen LogP contribution is -2.33. The highest BCUT2D eigenvalue weighted by molar-refractivity contribution is 7.89. The minimum absolute atomic E-state index is 0.0564. The molecule has 1 saturated heterocycles. The summed E-state index contributed by atoms with van der Waals surface area (Å²) in [6.07, 6.45) is 2.02. The molecule has 9 heteroatoms. The summed E-state index contributed by atoms with van der Waals surface area (Å²) in [6.45, 7) is 2.69. The van der Waals surface area contributed by atoms with Crippen molar-refractivity contribution in [1.82, 2.24) is 0 Å². The van der Waals surface area contributed by atoms with Crippen molar-refractivity contribution in [3.8, 4) is 11.5 Å². The average Bonchev–Trinajstić information content (AvgIpc) is 3.34. The number of carbonyl (C=O) groups excluding carboxylic acids is 1. The molecule has 2 N–H and O–H groups in total. The molecule has 1 aliphatic heterocycles. The van der Waals surface area contributed by atoms with Crippen LogP contribution in [0.3, 0.4) is 0 Å². The summed E-state index contributed by atoms with van der Waals surface area (Å²) >= 11 is 0. The highest BCUT2D eigenvalue weighted by Gasteiger charge is 2.18. The Morgan fingerprint density at radius 3 is 2.22 bits per heavy atom. The van der Waals surface area contributed by atoms with Crippen molar-refractivity contribution >= 4 is 21.7 Å². The number of primary sulfonamides is 1. The highest BCUT2D eigenvalue weighted by Crippen LogP contribution is 2.35. The lowest BCUT2D eigenvalue weighted by molar-refractivity contribution is -0.884. The van der Waals surface area contributed by atoms with Crippen molar-refractivity contribution in [3.63, 3.8) is 0 Å². The second-order valence-electron chi connectivity index (χ2n) is 9.72. The lowest BCUT2D eigenvalue weighted by Gasteiger charge is -2.23. The topological polar surface area (TPSA) is 113 Å². The molecule has 0 bridgehead atoms. The largest absolute Gasteiger partial charge is 0.545 e. The van der Waals surface area contributed by atoms with Crippen molar-refractivity contribution in [3.05, 3.63) is 83.9 Å². The molecule has 0 radical (unpaired) electrons. The maximum atomic E-state index is 11.5. The summed E-state index contributed by atoms with van der Waals surface area (Å²) in [5, 5.41) is 16.3. The smallest absolute Gasteiger partial charge is 0.238 e. The number of sulfonamides is 1.